The summed E-state index contributed by atoms with van der Waals surface area (Å²) in [7, 11) is 0. The van der Waals surface area contributed by atoms with E-state index in [0.29, 0.717) is 18.3 Å². The number of amides is 2. The highest BCUT2D eigenvalue weighted by Gasteiger charge is 2.23. The van der Waals surface area contributed by atoms with Crippen LogP contribution in [0.5, 0.6) is 0 Å². The molecule has 0 atom stereocenters. The monoisotopic (exact) mass is 275 g/mol. The molecule has 7 heteroatoms. The zero-order valence-corrected chi connectivity index (χ0v) is 11.1. The Bertz CT molecular complexity index is 527. The number of terminal acetylenes is 1. The van der Waals surface area contributed by atoms with E-state index in [2.05, 4.69) is 27.0 Å². The summed E-state index contributed by atoms with van der Waals surface area (Å²) in [6.07, 6.45) is 10.3. The molecule has 0 aliphatic heterocycles. The van der Waals surface area contributed by atoms with Gasteiger partial charge in [-0.2, -0.15) is 5.10 Å². The van der Waals surface area contributed by atoms with Crippen molar-refractivity contribution in [2.24, 2.45) is 0 Å². The standard InChI is InChI=1S/C13H17N5O2/c1-2-5-14-7-12(19)17-11-6-15-18(8-11)9-13(20)16-10-3-4-10/h1,6,8,10,14H,3-5,7,9H2,(H,16,20)(H,17,19). The molecular weight excluding hydrogens is 258 g/mol. The molecule has 3 N–H and O–H groups in total. The lowest BCUT2D eigenvalue weighted by atomic mass is 10.5. The number of carbonyl (C=O) groups excluding carboxylic acids is 2. The molecule has 0 spiro atoms. The summed E-state index contributed by atoms with van der Waals surface area (Å²) in [5, 5.41) is 12.3. The Morgan fingerprint density at radius 2 is 2.25 bits per heavy atom. The van der Waals surface area contributed by atoms with Crippen LogP contribution in [-0.4, -0.2) is 40.7 Å². The average molecular weight is 275 g/mol. The van der Waals surface area contributed by atoms with Gasteiger partial charge in [-0.25, -0.2) is 0 Å². The Kier molecular flexibility index (Phi) is 4.74. The molecule has 1 fully saturated rings. The second kappa shape index (κ2) is 6.73. The van der Waals surface area contributed by atoms with Crippen LogP contribution in [0, 0.1) is 12.3 Å². The van der Waals surface area contributed by atoms with Crippen LogP contribution in [0.4, 0.5) is 5.69 Å². The van der Waals surface area contributed by atoms with Crippen LogP contribution in [0.2, 0.25) is 0 Å². The first-order valence-corrected chi connectivity index (χ1v) is 6.43. The normalized spacial score (nSPS) is 13.6. The van der Waals surface area contributed by atoms with Crippen LogP contribution in [-0.2, 0) is 16.1 Å². The molecule has 0 bridgehead atoms. The zero-order valence-electron chi connectivity index (χ0n) is 11.1. The van der Waals surface area contributed by atoms with Crippen molar-refractivity contribution in [2.75, 3.05) is 18.4 Å². The molecule has 0 saturated heterocycles. The summed E-state index contributed by atoms with van der Waals surface area (Å²) in [4.78, 5) is 23.1. The summed E-state index contributed by atoms with van der Waals surface area (Å²) in [5.74, 6) is 2.11. The van der Waals surface area contributed by atoms with E-state index in [0.717, 1.165) is 12.8 Å². The van der Waals surface area contributed by atoms with Gasteiger partial charge in [0.15, 0.2) is 0 Å². The number of nitrogens with zero attached hydrogens (tertiary/aromatic N) is 2. The SMILES string of the molecule is C#CCNCC(=O)Nc1cnn(CC(=O)NC2CC2)c1. The summed E-state index contributed by atoms with van der Waals surface area (Å²) >= 11 is 0. The van der Waals surface area contributed by atoms with E-state index >= 15 is 0 Å². The third kappa shape index (κ3) is 4.74. The summed E-state index contributed by atoms with van der Waals surface area (Å²) in [6, 6.07) is 0.333. The maximum Gasteiger partial charge on any atom is 0.241 e. The lowest BCUT2D eigenvalue weighted by Gasteiger charge is -2.03. The maximum atomic E-state index is 11.6. The molecule has 2 amide bonds. The molecule has 7 nitrogen and oxygen atoms in total. The molecule has 1 aromatic heterocycles. The van der Waals surface area contributed by atoms with Gasteiger partial charge >= 0.3 is 0 Å². The molecule has 1 heterocycles. The van der Waals surface area contributed by atoms with E-state index in [1.54, 1.807) is 6.20 Å². The van der Waals surface area contributed by atoms with Gasteiger partial charge in [0, 0.05) is 12.2 Å². The molecule has 106 valence electrons. The predicted octanol–water partition coefficient (Wildman–Crippen LogP) is -0.677. The topological polar surface area (TPSA) is 88.1 Å². The Balaban J connectivity index is 1.74. The first-order valence-electron chi connectivity index (χ1n) is 6.43. The van der Waals surface area contributed by atoms with E-state index < -0.39 is 0 Å². The number of nitrogens with one attached hydrogen (secondary N) is 3. The van der Waals surface area contributed by atoms with Gasteiger partial charge in [0.25, 0.3) is 0 Å². The van der Waals surface area contributed by atoms with Gasteiger partial charge in [-0.15, -0.1) is 6.42 Å². The molecule has 0 aromatic carbocycles. The summed E-state index contributed by atoms with van der Waals surface area (Å²) in [6.45, 7) is 0.632. The average Bonchev–Trinajstić information content (AvgIpc) is 3.10. The van der Waals surface area contributed by atoms with Gasteiger partial charge in [-0.3, -0.25) is 19.6 Å². The van der Waals surface area contributed by atoms with Crippen LogP contribution >= 0.6 is 0 Å². The lowest BCUT2D eigenvalue weighted by Crippen LogP contribution is -2.29. The van der Waals surface area contributed by atoms with E-state index in [9.17, 15) is 9.59 Å². The van der Waals surface area contributed by atoms with Gasteiger partial charge in [0.05, 0.1) is 25.0 Å². The first-order chi connectivity index (χ1) is 9.67. The van der Waals surface area contributed by atoms with Gasteiger partial charge in [0.2, 0.25) is 11.8 Å². The van der Waals surface area contributed by atoms with Crippen molar-refractivity contribution >= 4 is 17.5 Å². The Hall–Kier alpha value is -2.33. The highest BCUT2D eigenvalue weighted by atomic mass is 16.2. The van der Waals surface area contributed by atoms with Crippen LogP contribution in [0.3, 0.4) is 0 Å². The van der Waals surface area contributed by atoms with Crippen molar-refractivity contribution in [2.45, 2.75) is 25.4 Å². The molecule has 1 saturated carbocycles. The molecule has 20 heavy (non-hydrogen) atoms. The third-order valence-corrected chi connectivity index (χ3v) is 2.68. The Morgan fingerprint density at radius 1 is 1.45 bits per heavy atom. The van der Waals surface area contributed by atoms with Crippen molar-refractivity contribution in [1.82, 2.24) is 20.4 Å². The van der Waals surface area contributed by atoms with E-state index in [1.165, 1.54) is 10.9 Å². The minimum Gasteiger partial charge on any atom is -0.352 e. The second-order valence-electron chi connectivity index (χ2n) is 4.62. The van der Waals surface area contributed by atoms with Crippen LogP contribution in [0.1, 0.15) is 12.8 Å². The zero-order chi connectivity index (χ0) is 14.4. The molecule has 1 aromatic rings. The molecule has 0 unspecified atom stereocenters. The highest BCUT2D eigenvalue weighted by molar-refractivity contribution is 5.92. The van der Waals surface area contributed by atoms with Gasteiger partial charge in [-0.1, -0.05) is 5.92 Å². The van der Waals surface area contributed by atoms with Crippen LogP contribution in [0.25, 0.3) is 0 Å². The van der Waals surface area contributed by atoms with Crippen molar-refractivity contribution < 1.29 is 9.59 Å². The fraction of sp³-hybridized carbons (Fsp3) is 0.462. The van der Waals surface area contributed by atoms with Crippen molar-refractivity contribution in [3.05, 3.63) is 12.4 Å². The molecule has 1 aliphatic carbocycles. The highest BCUT2D eigenvalue weighted by Crippen LogP contribution is 2.18. The fourth-order valence-corrected chi connectivity index (χ4v) is 1.62. The van der Waals surface area contributed by atoms with Crippen molar-refractivity contribution in [3.63, 3.8) is 0 Å². The minimum absolute atomic E-state index is 0.0656. The Labute approximate surface area is 117 Å². The van der Waals surface area contributed by atoms with Gasteiger partial charge < -0.3 is 10.6 Å². The molecule has 2 rings (SSSR count). The largest absolute Gasteiger partial charge is 0.352 e. The fourth-order valence-electron chi connectivity index (χ4n) is 1.62. The lowest BCUT2D eigenvalue weighted by molar-refractivity contribution is -0.122. The number of hydrogen-bond donors (Lipinski definition) is 3. The van der Waals surface area contributed by atoms with Crippen LogP contribution < -0.4 is 16.0 Å². The first kappa shape index (κ1) is 14.1. The minimum atomic E-state index is -0.206. The van der Waals surface area contributed by atoms with Gasteiger partial charge in [0.1, 0.15) is 6.54 Å². The number of carbonyl (C=O) groups is 2. The molecule has 1 aliphatic rings. The van der Waals surface area contributed by atoms with Crippen molar-refractivity contribution in [3.8, 4) is 12.3 Å². The maximum absolute atomic E-state index is 11.6. The molecular formula is C13H17N5O2. The smallest absolute Gasteiger partial charge is 0.241 e. The summed E-state index contributed by atoms with van der Waals surface area (Å²) < 4.78 is 1.49. The van der Waals surface area contributed by atoms with Gasteiger partial charge in [-0.05, 0) is 12.8 Å². The van der Waals surface area contributed by atoms with Crippen molar-refractivity contribution in [1.29, 1.82) is 0 Å². The van der Waals surface area contributed by atoms with Crippen LogP contribution in [0.15, 0.2) is 12.4 Å². The van der Waals surface area contributed by atoms with E-state index in [1.807, 2.05) is 0 Å². The summed E-state index contributed by atoms with van der Waals surface area (Å²) in [5.41, 5.74) is 0.553. The number of aromatic nitrogens is 2. The quantitative estimate of drug-likeness (QED) is 0.454. The second-order valence-corrected chi connectivity index (χ2v) is 4.62. The number of anilines is 1. The number of rotatable bonds is 7. The van der Waals surface area contributed by atoms with E-state index in [4.69, 9.17) is 6.42 Å². The van der Waals surface area contributed by atoms with E-state index in [-0.39, 0.29) is 24.9 Å². The molecule has 0 radical (unpaired) electrons. The number of hydrogen-bond acceptors (Lipinski definition) is 4. The Morgan fingerprint density at radius 3 is 2.95 bits per heavy atom. The predicted molar refractivity (Wildman–Crippen MR) is 73.7 cm³/mol. The third-order valence-electron chi connectivity index (χ3n) is 2.68.